The van der Waals surface area contributed by atoms with E-state index in [1.165, 1.54) is 24.3 Å². The fourth-order valence-electron chi connectivity index (χ4n) is 2.09. The van der Waals surface area contributed by atoms with E-state index in [2.05, 4.69) is 5.16 Å². The van der Waals surface area contributed by atoms with Crippen LogP contribution in [-0.2, 0) is 0 Å². The van der Waals surface area contributed by atoms with Crippen molar-refractivity contribution in [2.75, 3.05) is 5.73 Å². The van der Waals surface area contributed by atoms with Crippen LogP contribution in [0.1, 0.15) is 0 Å². The zero-order valence-corrected chi connectivity index (χ0v) is 11.4. The second-order valence-electron chi connectivity index (χ2n) is 4.40. The summed E-state index contributed by atoms with van der Waals surface area (Å²) in [6.45, 7) is 0. The van der Waals surface area contributed by atoms with Gasteiger partial charge in [-0.25, -0.2) is 8.78 Å². The highest BCUT2D eigenvalue weighted by Gasteiger charge is 2.20. The summed E-state index contributed by atoms with van der Waals surface area (Å²) in [5, 5.41) is 4.02. The van der Waals surface area contributed by atoms with Gasteiger partial charge in [0.05, 0.1) is 10.6 Å². The first kappa shape index (κ1) is 13.6. The average molecular weight is 307 g/mol. The molecule has 0 aliphatic heterocycles. The molecule has 6 heteroatoms. The highest BCUT2D eigenvalue weighted by molar-refractivity contribution is 6.33. The van der Waals surface area contributed by atoms with Crippen LogP contribution in [0.2, 0.25) is 5.02 Å². The molecule has 21 heavy (non-hydrogen) atoms. The Balaban J connectivity index is 2.22. The highest BCUT2D eigenvalue weighted by Crippen LogP contribution is 2.39. The third-order valence-electron chi connectivity index (χ3n) is 3.02. The lowest BCUT2D eigenvalue weighted by Gasteiger charge is -2.05. The molecular formula is C15H9ClF2N2O. The Morgan fingerprint density at radius 1 is 1.05 bits per heavy atom. The molecule has 0 amide bonds. The molecule has 0 saturated heterocycles. The number of hydrogen-bond acceptors (Lipinski definition) is 3. The second kappa shape index (κ2) is 5.18. The second-order valence-corrected chi connectivity index (χ2v) is 4.81. The Morgan fingerprint density at radius 2 is 1.81 bits per heavy atom. The van der Waals surface area contributed by atoms with Crippen LogP contribution in [0.4, 0.5) is 14.7 Å². The Morgan fingerprint density at radius 3 is 2.52 bits per heavy atom. The minimum absolute atomic E-state index is 0.0380. The van der Waals surface area contributed by atoms with Crippen molar-refractivity contribution in [3.05, 3.63) is 59.1 Å². The van der Waals surface area contributed by atoms with E-state index in [9.17, 15) is 8.78 Å². The van der Waals surface area contributed by atoms with Gasteiger partial charge in [-0.2, -0.15) is 0 Å². The molecule has 0 spiro atoms. The van der Waals surface area contributed by atoms with Crippen molar-refractivity contribution < 1.29 is 13.3 Å². The summed E-state index contributed by atoms with van der Waals surface area (Å²) >= 11 is 6.03. The molecule has 2 aromatic carbocycles. The SMILES string of the molecule is Nc1onc(-c2ccc(F)cc2Cl)c1-c1cccc(F)c1. The minimum atomic E-state index is -0.465. The van der Waals surface area contributed by atoms with E-state index in [0.717, 1.165) is 6.07 Å². The lowest BCUT2D eigenvalue weighted by atomic mass is 10.0. The van der Waals surface area contributed by atoms with Gasteiger partial charge in [-0.3, -0.25) is 0 Å². The van der Waals surface area contributed by atoms with E-state index in [0.29, 0.717) is 22.4 Å². The minimum Gasteiger partial charge on any atom is -0.367 e. The fraction of sp³-hybridized carbons (Fsp3) is 0. The Labute approximate surface area is 123 Å². The van der Waals surface area contributed by atoms with Crippen LogP contribution in [0.3, 0.4) is 0 Å². The van der Waals surface area contributed by atoms with Gasteiger partial charge in [-0.15, -0.1) is 0 Å². The van der Waals surface area contributed by atoms with Crippen molar-refractivity contribution in [3.63, 3.8) is 0 Å². The largest absolute Gasteiger partial charge is 0.367 e. The van der Waals surface area contributed by atoms with E-state index < -0.39 is 11.6 Å². The van der Waals surface area contributed by atoms with Crippen LogP contribution in [0.15, 0.2) is 47.0 Å². The molecule has 2 N–H and O–H groups in total. The predicted molar refractivity (Wildman–Crippen MR) is 76.7 cm³/mol. The van der Waals surface area contributed by atoms with Crippen LogP contribution in [0, 0.1) is 11.6 Å². The van der Waals surface area contributed by atoms with E-state index in [1.54, 1.807) is 12.1 Å². The maximum Gasteiger partial charge on any atom is 0.230 e. The number of nitrogens with zero attached hydrogens (tertiary/aromatic N) is 1. The van der Waals surface area contributed by atoms with Crippen molar-refractivity contribution in [2.45, 2.75) is 0 Å². The zero-order chi connectivity index (χ0) is 15.0. The van der Waals surface area contributed by atoms with Gasteiger partial charge >= 0.3 is 0 Å². The van der Waals surface area contributed by atoms with Crippen molar-refractivity contribution in [1.29, 1.82) is 0 Å². The van der Waals surface area contributed by atoms with Gasteiger partial charge in [0.2, 0.25) is 5.88 Å². The molecule has 0 aliphatic rings. The molecular weight excluding hydrogens is 298 g/mol. The van der Waals surface area contributed by atoms with Crippen LogP contribution in [0.5, 0.6) is 0 Å². The van der Waals surface area contributed by atoms with E-state index in [4.69, 9.17) is 21.9 Å². The first-order valence-electron chi connectivity index (χ1n) is 6.03. The predicted octanol–water partition coefficient (Wildman–Crippen LogP) is 4.52. The molecule has 3 rings (SSSR count). The lowest BCUT2D eigenvalue weighted by molar-refractivity contribution is 0.439. The van der Waals surface area contributed by atoms with Gasteiger partial charge in [-0.1, -0.05) is 28.9 Å². The number of nitrogens with two attached hydrogens (primary N) is 1. The topological polar surface area (TPSA) is 52.0 Å². The van der Waals surface area contributed by atoms with Crippen molar-refractivity contribution in [3.8, 4) is 22.4 Å². The Hall–Kier alpha value is -2.40. The van der Waals surface area contributed by atoms with Crippen molar-refractivity contribution in [2.24, 2.45) is 0 Å². The number of hydrogen-bond donors (Lipinski definition) is 1. The molecule has 1 aromatic heterocycles. The number of rotatable bonds is 2. The highest BCUT2D eigenvalue weighted by atomic mass is 35.5. The van der Waals surface area contributed by atoms with Gasteiger partial charge < -0.3 is 10.3 Å². The summed E-state index contributed by atoms with van der Waals surface area (Å²) in [5.74, 6) is -0.840. The number of benzene rings is 2. The van der Waals surface area contributed by atoms with Crippen LogP contribution in [0.25, 0.3) is 22.4 Å². The molecule has 106 valence electrons. The van der Waals surface area contributed by atoms with Gasteiger partial charge in [-0.05, 0) is 35.9 Å². The summed E-state index contributed by atoms with van der Waals surface area (Å²) in [6.07, 6.45) is 0. The molecule has 0 fully saturated rings. The number of anilines is 1. The number of nitrogen functional groups attached to an aromatic ring is 1. The number of aromatic nitrogens is 1. The maximum atomic E-state index is 13.4. The molecule has 0 saturated carbocycles. The summed E-state index contributed by atoms with van der Waals surface area (Å²) < 4.78 is 31.5. The molecule has 0 unspecified atom stereocenters. The Kier molecular flexibility index (Phi) is 3.35. The zero-order valence-electron chi connectivity index (χ0n) is 10.6. The smallest absolute Gasteiger partial charge is 0.230 e. The quantitative estimate of drug-likeness (QED) is 0.757. The summed E-state index contributed by atoms with van der Waals surface area (Å²) in [7, 11) is 0. The summed E-state index contributed by atoms with van der Waals surface area (Å²) in [6, 6.07) is 9.73. The first-order valence-corrected chi connectivity index (χ1v) is 6.40. The van der Waals surface area contributed by atoms with Crippen molar-refractivity contribution in [1.82, 2.24) is 5.16 Å². The van der Waals surface area contributed by atoms with E-state index in [1.807, 2.05) is 0 Å². The maximum absolute atomic E-state index is 13.4. The fourth-order valence-corrected chi connectivity index (χ4v) is 2.35. The van der Waals surface area contributed by atoms with E-state index >= 15 is 0 Å². The van der Waals surface area contributed by atoms with Crippen LogP contribution < -0.4 is 5.73 Å². The molecule has 0 aliphatic carbocycles. The van der Waals surface area contributed by atoms with Gasteiger partial charge in [0.25, 0.3) is 0 Å². The molecule has 0 bridgehead atoms. The lowest BCUT2D eigenvalue weighted by Crippen LogP contribution is -1.89. The van der Waals surface area contributed by atoms with Gasteiger partial charge in [0, 0.05) is 5.56 Å². The molecule has 0 radical (unpaired) electrons. The molecule has 3 nitrogen and oxygen atoms in total. The Bertz CT molecular complexity index is 817. The standard InChI is InChI=1S/C15H9ClF2N2O/c16-12-7-10(18)4-5-11(12)14-13(15(19)21-20-14)8-2-1-3-9(17)6-8/h1-7H,19H2. The van der Waals surface area contributed by atoms with Gasteiger partial charge in [0.15, 0.2) is 0 Å². The third-order valence-corrected chi connectivity index (χ3v) is 3.33. The van der Waals surface area contributed by atoms with E-state index in [-0.39, 0.29) is 10.9 Å². The number of halogens is 3. The third kappa shape index (κ3) is 2.48. The molecule has 0 atom stereocenters. The van der Waals surface area contributed by atoms with Crippen molar-refractivity contribution >= 4 is 17.5 Å². The van der Waals surface area contributed by atoms with Gasteiger partial charge in [0.1, 0.15) is 17.3 Å². The first-order chi connectivity index (χ1) is 10.1. The van der Waals surface area contributed by atoms with Crippen LogP contribution in [-0.4, -0.2) is 5.16 Å². The monoisotopic (exact) mass is 306 g/mol. The molecule has 3 aromatic rings. The normalized spacial score (nSPS) is 10.8. The molecule has 1 heterocycles. The van der Waals surface area contributed by atoms with Crippen LogP contribution >= 0.6 is 11.6 Å². The summed E-state index contributed by atoms with van der Waals surface area (Å²) in [5.41, 5.74) is 7.49. The summed E-state index contributed by atoms with van der Waals surface area (Å²) in [4.78, 5) is 0. The average Bonchev–Trinajstić information content (AvgIpc) is 2.80.